The molecule has 0 atom stereocenters. The second-order valence-electron chi connectivity index (χ2n) is 6.21. The van der Waals surface area contributed by atoms with Crippen LogP contribution in [-0.4, -0.2) is 37.7 Å². The molecule has 0 aliphatic rings. The summed E-state index contributed by atoms with van der Waals surface area (Å²) >= 11 is 1.13. The minimum Gasteiger partial charge on any atom is -0.338 e. The number of carbonyl (C=O) groups excluding carboxylic acids is 2. The minimum atomic E-state index is -0.363. The molecule has 4 aromatic rings. The monoisotopic (exact) mass is 410 g/mol. The summed E-state index contributed by atoms with van der Waals surface area (Å²) in [5, 5.41) is 14.5. The maximum Gasteiger partial charge on any atom is 0.234 e. The zero-order valence-electron chi connectivity index (χ0n) is 15.2. The number of benzene rings is 2. The zero-order valence-corrected chi connectivity index (χ0v) is 16.0. The van der Waals surface area contributed by atoms with Crippen LogP contribution in [0.5, 0.6) is 0 Å². The Bertz CT molecular complexity index is 1240. The highest BCUT2D eigenvalue weighted by Gasteiger charge is 2.12. The summed E-state index contributed by atoms with van der Waals surface area (Å²) in [6, 6.07) is 11.2. The van der Waals surface area contributed by atoms with Crippen LogP contribution in [0.1, 0.15) is 6.92 Å². The van der Waals surface area contributed by atoms with Gasteiger partial charge in [0.2, 0.25) is 17.0 Å². The average Bonchev–Trinajstić information content (AvgIpc) is 3.03. The van der Waals surface area contributed by atoms with Crippen molar-refractivity contribution in [3.63, 3.8) is 0 Å². The number of amides is 2. The van der Waals surface area contributed by atoms with Gasteiger partial charge < -0.3 is 15.6 Å². The third-order valence-corrected chi connectivity index (χ3v) is 4.79. The summed E-state index contributed by atoms with van der Waals surface area (Å²) in [6.45, 7) is 1.41. The van der Waals surface area contributed by atoms with E-state index in [-0.39, 0.29) is 23.4 Å². The Morgan fingerprint density at radius 1 is 1.10 bits per heavy atom. The number of hydrogen-bond donors (Lipinski definition) is 3. The Morgan fingerprint density at radius 3 is 2.69 bits per heavy atom. The SMILES string of the molecule is CC(=O)Nc1cccc(NC(=O)CSc2nnc3c(n2)[nH]c2ccc(F)cc23)c1. The fourth-order valence-electron chi connectivity index (χ4n) is 2.79. The Labute approximate surface area is 168 Å². The number of thioether (sulfide) groups is 1. The lowest BCUT2D eigenvalue weighted by atomic mass is 10.2. The van der Waals surface area contributed by atoms with Crippen molar-refractivity contribution in [2.75, 3.05) is 16.4 Å². The number of rotatable bonds is 5. The molecule has 2 aromatic carbocycles. The van der Waals surface area contributed by atoms with Crippen LogP contribution in [0, 0.1) is 5.82 Å². The third-order valence-electron chi connectivity index (χ3n) is 3.96. The zero-order chi connectivity index (χ0) is 20.4. The van der Waals surface area contributed by atoms with Crippen LogP contribution in [0.25, 0.3) is 22.1 Å². The molecule has 0 fully saturated rings. The molecule has 0 aliphatic heterocycles. The Kier molecular flexibility index (Phi) is 5.09. The van der Waals surface area contributed by atoms with E-state index in [2.05, 4.69) is 30.8 Å². The van der Waals surface area contributed by atoms with E-state index >= 15 is 0 Å². The van der Waals surface area contributed by atoms with Gasteiger partial charge in [-0.1, -0.05) is 17.8 Å². The number of nitrogens with zero attached hydrogens (tertiary/aromatic N) is 3. The fourth-order valence-corrected chi connectivity index (χ4v) is 3.38. The lowest BCUT2D eigenvalue weighted by molar-refractivity contribution is -0.114. The first-order valence-electron chi connectivity index (χ1n) is 8.60. The van der Waals surface area contributed by atoms with Crippen LogP contribution in [0.2, 0.25) is 0 Å². The van der Waals surface area contributed by atoms with Crippen LogP contribution >= 0.6 is 11.8 Å². The van der Waals surface area contributed by atoms with Gasteiger partial charge in [0.1, 0.15) is 11.3 Å². The number of H-pyrrole nitrogens is 1. The van der Waals surface area contributed by atoms with E-state index in [9.17, 15) is 14.0 Å². The van der Waals surface area contributed by atoms with Gasteiger partial charge in [-0.2, -0.15) is 0 Å². The van der Waals surface area contributed by atoms with Crippen molar-refractivity contribution < 1.29 is 14.0 Å². The number of hydrogen-bond acceptors (Lipinski definition) is 6. The maximum atomic E-state index is 13.4. The molecule has 0 saturated heterocycles. The van der Waals surface area contributed by atoms with Crippen LogP contribution in [0.4, 0.5) is 15.8 Å². The van der Waals surface area contributed by atoms with Crippen molar-refractivity contribution >= 4 is 57.0 Å². The van der Waals surface area contributed by atoms with E-state index in [4.69, 9.17) is 0 Å². The van der Waals surface area contributed by atoms with E-state index in [0.29, 0.717) is 38.6 Å². The van der Waals surface area contributed by atoms with Crippen LogP contribution < -0.4 is 10.6 Å². The van der Waals surface area contributed by atoms with Gasteiger partial charge in [0.15, 0.2) is 5.65 Å². The van der Waals surface area contributed by atoms with Crippen molar-refractivity contribution in [2.45, 2.75) is 12.1 Å². The highest BCUT2D eigenvalue weighted by molar-refractivity contribution is 7.99. The van der Waals surface area contributed by atoms with E-state index in [1.807, 2.05) is 0 Å². The Balaban J connectivity index is 1.43. The number of aromatic amines is 1. The summed E-state index contributed by atoms with van der Waals surface area (Å²) in [5.41, 5.74) is 2.82. The van der Waals surface area contributed by atoms with Gasteiger partial charge in [0.25, 0.3) is 0 Å². The van der Waals surface area contributed by atoms with E-state index < -0.39 is 0 Å². The summed E-state index contributed by atoms with van der Waals surface area (Å²) in [6.07, 6.45) is 0. The van der Waals surface area contributed by atoms with Crippen LogP contribution in [0.3, 0.4) is 0 Å². The quantitative estimate of drug-likeness (QED) is 0.435. The Hall–Kier alpha value is -3.53. The second kappa shape index (κ2) is 7.84. The molecule has 2 amide bonds. The molecular weight excluding hydrogens is 395 g/mol. The fraction of sp³-hybridized carbons (Fsp3) is 0.105. The standard InChI is InChI=1S/C19H15FN6O2S/c1-10(27)21-12-3-2-4-13(8-12)22-16(28)9-29-19-24-18-17(25-26-19)14-7-11(20)5-6-15(14)23-18/h2-8H,9H2,1H3,(H,21,27)(H,22,28)(H,23,24,26). The summed E-state index contributed by atoms with van der Waals surface area (Å²) < 4.78 is 13.4. The topological polar surface area (TPSA) is 113 Å². The second-order valence-corrected chi connectivity index (χ2v) is 7.15. The number of anilines is 2. The van der Waals surface area contributed by atoms with Crippen LogP contribution in [-0.2, 0) is 9.59 Å². The van der Waals surface area contributed by atoms with Gasteiger partial charge in [-0.15, -0.1) is 10.2 Å². The number of aromatic nitrogens is 4. The molecule has 29 heavy (non-hydrogen) atoms. The molecule has 0 radical (unpaired) electrons. The normalized spacial score (nSPS) is 11.0. The smallest absolute Gasteiger partial charge is 0.234 e. The molecule has 146 valence electrons. The van der Waals surface area contributed by atoms with Crippen molar-refractivity contribution in [1.82, 2.24) is 20.2 Å². The predicted molar refractivity (Wildman–Crippen MR) is 109 cm³/mol. The molecule has 0 saturated carbocycles. The molecule has 8 nitrogen and oxygen atoms in total. The molecule has 2 aromatic heterocycles. The molecule has 0 aliphatic carbocycles. The van der Waals surface area contributed by atoms with E-state index in [1.54, 1.807) is 30.3 Å². The van der Waals surface area contributed by atoms with Gasteiger partial charge in [-0.25, -0.2) is 9.37 Å². The summed E-state index contributed by atoms with van der Waals surface area (Å²) in [7, 11) is 0. The van der Waals surface area contributed by atoms with Gasteiger partial charge in [0, 0.05) is 29.2 Å². The van der Waals surface area contributed by atoms with Crippen LogP contribution in [0.15, 0.2) is 47.6 Å². The van der Waals surface area contributed by atoms with Gasteiger partial charge in [-0.3, -0.25) is 9.59 Å². The molecule has 0 bridgehead atoms. The van der Waals surface area contributed by atoms with Crippen molar-refractivity contribution in [3.05, 3.63) is 48.3 Å². The molecule has 0 spiro atoms. The molecule has 0 unspecified atom stereocenters. The highest BCUT2D eigenvalue weighted by Crippen LogP contribution is 2.24. The van der Waals surface area contributed by atoms with E-state index in [1.165, 1.54) is 19.1 Å². The lowest BCUT2D eigenvalue weighted by Crippen LogP contribution is -2.14. The van der Waals surface area contributed by atoms with Gasteiger partial charge in [-0.05, 0) is 36.4 Å². The van der Waals surface area contributed by atoms with E-state index in [0.717, 1.165) is 11.8 Å². The molecule has 10 heteroatoms. The lowest BCUT2D eigenvalue weighted by Gasteiger charge is -2.07. The summed E-state index contributed by atoms with van der Waals surface area (Å²) in [4.78, 5) is 30.8. The number of fused-ring (bicyclic) bond motifs is 3. The first-order chi connectivity index (χ1) is 14.0. The van der Waals surface area contributed by atoms with Gasteiger partial charge in [0.05, 0.1) is 5.75 Å². The van der Waals surface area contributed by atoms with Crippen molar-refractivity contribution in [2.24, 2.45) is 0 Å². The number of nitrogens with one attached hydrogen (secondary N) is 3. The Morgan fingerprint density at radius 2 is 1.90 bits per heavy atom. The predicted octanol–water partition coefficient (Wildman–Crippen LogP) is 3.33. The molecular formula is C19H15FN6O2S. The molecule has 4 rings (SSSR count). The minimum absolute atomic E-state index is 0.0758. The summed E-state index contributed by atoms with van der Waals surface area (Å²) in [5.74, 6) is -0.731. The third kappa shape index (κ3) is 4.32. The first-order valence-corrected chi connectivity index (χ1v) is 9.58. The number of halogens is 1. The average molecular weight is 410 g/mol. The van der Waals surface area contributed by atoms with Crippen molar-refractivity contribution in [3.8, 4) is 0 Å². The highest BCUT2D eigenvalue weighted by atomic mass is 32.2. The number of carbonyl (C=O) groups is 2. The first kappa shape index (κ1) is 18.8. The van der Waals surface area contributed by atoms with Crippen molar-refractivity contribution in [1.29, 1.82) is 0 Å². The largest absolute Gasteiger partial charge is 0.338 e. The molecule has 3 N–H and O–H groups in total. The maximum absolute atomic E-state index is 13.4. The van der Waals surface area contributed by atoms with Gasteiger partial charge >= 0.3 is 0 Å². The molecule has 2 heterocycles.